The fraction of sp³-hybridized carbons (Fsp3) is 0.235. The summed E-state index contributed by atoms with van der Waals surface area (Å²) in [5, 5.41) is 7.59. The number of hydrogen-bond acceptors (Lipinski definition) is 5. The van der Waals surface area contributed by atoms with Gasteiger partial charge in [-0.2, -0.15) is 5.10 Å². The van der Waals surface area contributed by atoms with Crippen molar-refractivity contribution in [3.63, 3.8) is 0 Å². The van der Waals surface area contributed by atoms with Crippen LogP contribution in [0.15, 0.2) is 58.5 Å². The Bertz CT molecular complexity index is 982. The molecule has 0 saturated carbocycles. The summed E-state index contributed by atoms with van der Waals surface area (Å²) in [6.07, 6.45) is 0.943. The molecule has 1 aliphatic rings. The van der Waals surface area contributed by atoms with Gasteiger partial charge in [0.25, 0.3) is 0 Å². The van der Waals surface area contributed by atoms with E-state index in [1.54, 1.807) is 30.3 Å². The lowest BCUT2D eigenvalue weighted by Crippen LogP contribution is -2.26. The Morgan fingerprint density at radius 3 is 2.67 bits per heavy atom. The van der Waals surface area contributed by atoms with Crippen molar-refractivity contribution in [1.29, 1.82) is 0 Å². The molecule has 3 N–H and O–H groups in total. The molecule has 1 aromatic heterocycles. The van der Waals surface area contributed by atoms with Crippen LogP contribution >= 0.6 is 0 Å². The summed E-state index contributed by atoms with van der Waals surface area (Å²) in [5.41, 5.74) is 7.58. The van der Waals surface area contributed by atoms with Crippen LogP contribution in [0.2, 0.25) is 0 Å². The zero-order chi connectivity index (χ0) is 16.7. The Balaban J connectivity index is 1.82. The van der Waals surface area contributed by atoms with Gasteiger partial charge < -0.3 is 10.6 Å². The first-order chi connectivity index (χ1) is 11.6. The predicted molar refractivity (Wildman–Crippen MR) is 92.8 cm³/mol. The minimum Gasteiger partial charge on any atom is -0.370 e. The molecule has 24 heavy (non-hydrogen) atoms. The van der Waals surface area contributed by atoms with E-state index in [0.29, 0.717) is 10.9 Å². The van der Waals surface area contributed by atoms with E-state index in [0.717, 1.165) is 25.2 Å². The molecule has 2 heterocycles. The predicted octanol–water partition coefficient (Wildman–Crippen LogP) is 1.93. The molecule has 124 valence electrons. The quantitative estimate of drug-likeness (QED) is 0.759. The molecular weight excluding hydrogens is 324 g/mol. The van der Waals surface area contributed by atoms with Crippen LogP contribution < -0.4 is 10.6 Å². The standard InChI is InChI=1S/C17H18N4O2S/c18-12-8-9-21(11-12)13-6-7-16-15(10-13)17(20-19-16)24(22,23)14-4-2-1-3-5-14/h1-7,10,12H,8-9,11,18H2,(H,19,20)/t12-/m0/s1. The number of hydrogen-bond donors (Lipinski definition) is 2. The topological polar surface area (TPSA) is 92.1 Å². The molecule has 3 aromatic rings. The highest BCUT2D eigenvalue weighted by Gasteiger charge is 2.24. The van der Waals surface area contributed by atoms with Gasteiger partial charge in [0.1, 0.15) is 0 Å². The van der Waals surface area contributed by atoms with Gasteiger partial charge >= 0.3 is 0 Å². The Kier molecular flexibility index (Phi) is 3.54. The van der Waals surface area contributed by atoms with Crippen LogP contribution in [0.4, 0.5) is 5.69 Å². The number of fused-ring (bicyclic) bond motifs is 1. The fourth-order valence-electron chi connectivity index (χ4n) is 3.12. The molecule has 2 aromatic carbocycles. The normalized spacial score (nSPS) is 18.4. The van der Waals surface area contributed by atoms with Gasteiger partial charge in [-0.15, -0.1) is 0 Å². The summed E-state index contributed by atoms with van der Waals surface area (Å²) >= 11 is 0. The van der Waals surface area contributed by atoms with Crippen LogP contribution in [0.1, 0.15) is 6.42 Å². The maximum atomic E-state index is 12.9. The molecule has 7 heteroatoms. The van der Waals surface area contributed by atoms with E-state index in [1.165, 1.54) is 0 Å². The molecular formula is C17H18N4O2S. The highest BCUT2D eigenvalue weighted by atomic mass is 32.2. The number of rotatable bonds is 3. The lowest BCUT2D eigenvalue weighted by molar-refractivity contribution is 0.593. The SMILES string of the molecule is N[C@H]1CCN(c2ccc3n[nH]c(S(=O)(=O)c4ccccc4)c3c2)C1. The van der Waals surface area contributed by atoms with Crippen molar-refractivity contribution >= 4 is 26.4 Å². The van der Waals surface area contributed by atoms with Crippen molar-refractivity contribution in [1.82, 2.24) is 10.2 Å². The van der Waals surface area contributed by atoms with Crippen molar-refractivity contribution in [2.45, 2.75) is 22.4 Å². The van der Waals surface area contributed by atoms with Gasteiger partial charge in [0, 0.05) is 30.2 Å². The van der Waals surface area contributed by atoms with Gasteiger partial charge in [-0.05, 0) is 36.8 Å². The molecule has 0 unspecified atom stereocenters. The fourth-order valence-corrected chi connectivity index (χ4v) is 4.49. The first-order valence-electron chi connectivity index (χ1n) is 7.84. The van der Waals surface area contributed by atoms with Crippen LogP contribution in [0.3, 0.4) is 0 Å². The first-order valence-corrected chi connectivity index (χ1v) is 9.33. The zero-order valence-corrected chi connectivity index (χ0v) is 13.8. The molecule has 4 rings (SSSR count). The maximum absolute atomic E-state index is 12.9. The summed E-state index contributed by atoms with van der Waals surface area (Å²) < 4.78 is 25.8. The van der Waals surface area contributed by atoms with Crippen LogP contribution in [0, 0.1) is 0 Å². The molecule has 0 bridgehead atoms. The highest BCUT2D eigenvalue weighted by molar-refractivity contribution is 7.91. The number of benzene rings is 2. The van der Waals surface area contributed by atoms with Crippen molar-refractivity contribution in [3.05, 3.63) is 48.5 Å². The summed E-state index contributed by atoms with van der Waals surface area (Å²) in [4.78, 5) is 2.43. The molecule has 1 fully saturated rings. The van der Waals surface area contributed by atoms with Crippen molar-refractivity contribution in [2.24, 2.45) is 5.73 Å². The van der Waals surface area contributed by atoms with Gasteiger partial charge in [-0.25, -0.2) is 8.42 Å². The van der Waals surface area contributed by atoms with E-state index < -0.39 is 9.84 Å². The van der Waals surface area contributed by atoms with E-state index in [2.05, 4.69) is 15.1 Å². The van der Waals surface area contributed by atoms with E-state index in [4.69, 9.17) is 5.73 Å². The number of nitrogens with two attached hydrogens (primary N) is 1. The maximum Gasteiger partial charge on any atom is 0.223 e. The Morgan fingerprint density at radius 2 is 1.96 bits per heavy atom. The van der Waals surface area contributed by atoms with Crippen LogP contribution in [0.25, 0.3) is 10.9 Å². The average molecular weight is 342 g/mol. The van der Waals surface area contributed by atoms with Crippen molar-refractivity contribution in [2.75, 3.05) is 18.0 Å². The van der Waals surface area contributed by atoms with Gasteiger partial charge in [0.2, 0.25) is 9.84 Å². The summed E-state index contributed by atoms with van der Waals surface area (Å²) in [6.45, 7) is 1.66. The van der Waals surface area contributed by atoms with Gasteiger partial charge in [0.05, 0.1) is 10.4 Å². The molecule has 0 radical (unpaired) electrons. The van der Waals surface area contributed by atoms with Gasteiger partial charge in [-0.3, -0.25) is 5.10 Å². The minimum absolute atomic E-state index is 0.133. The van der Waals surface area contributed by atoms with Gasteiger partial charge in [-0.1, -0.05) is 18.2 Å². The molecule has 1 atom stereocenters. The molecule has 0 amide bonds. The van der Waals surface area contributed by atoms with Gasteiger partial charge in [0.15, 0.2) is 5.03 Å². The smallest absolute Gasteiger partial charge is 0.223 e. The lowest BCUT2D eigenvalue weighted by Gasteiger charge is -2.18. The second-order valence-electron chi connectivity index (χ2n) is 6.07. The van der Waals surface area contributed by atoms with Crippen LogP contribution in [0.5, 0.6) is 0 Å². The number of aromatic nitrogens is 2. The molecule has 6 nitrogen and oxygen atoms in total. The van der Waals surface area contributed by atoms with E-state index in [1.807, 2.05) is 18.2 Å². The number of H-pyrrole nitrogens is 1. The molecule has 0 spiro atoms. The number of aromatic amines is 1. The minimum atomic E-state index is -3.63. The Labute approximate surface area is 140 Å². The molecule has 1 aliphatic heterocycles. The summed E-state index contributed by atoms with van der Waals surface area (Å²) in [5.74, 6) is 0. The third-order valence-electron chi connectivity index (χ3n) is 4.41. The second-order valence-corrected chi connectivity index (χ2v) is 7.95. The summed E-state index contributed by atoms with van der Waals surface area (Å²) in [6, 6.07) is 14.2. The Morgan fingerprint density at radius 1 is 1.17 bits per heavy atom. The second kappa shape index (κ2) is 5.61. The first kappa shape index (κ1) is 15.2. The monoisotopic (exact) mass is 342 g/mol. The van der Waals surface area contributed by atoms with E-state index >= 15 is 0 Å². The Hall–Kier alpha value is -2.38. The molecule has 1 saturated heterocycles. The lowest BCUT2D eigenvalue weighted by atomic mass is 10.2. The number of sulfone groups is 1. The van der Waals surface area contributed by atoms with E-state index in [-0.39, 0.29) is 16.0 Å². The summed E-state index contributed by atoms with van der Waals surface area (Å²) in [7, 11) is -3.63. The third kappa shape index (κ3) is 2.46. The average Bonchev–Trinajstić information content (AvgIpc) is 3.21. The van der Waals surface area contributed by atoms with E-state index in [9.17, 15) is 8.42 Å². The molecule has 0 aliphatic carbocycles. The number of nitrogens with zero attached hydrogens (tertiary/aromatic N) is 2. The van der Waals surface area contributed by atoms with Crippen LogP contribution in [-0.4, -0.2) is 37.7 Å². The number of nitrogens with one attached hydrogen (secondary N) is 1. The number of anilines is 1. The van der Waals surface area contributed by atoms with Crippen molar-refractivity contribution < 1.29 is 8.42 Å². The largest absolute Gasteiger partial charge is 0.370 e. The van der Waals surface area contributed by atoms with Crippen molar-refractivity contribution in [3.8, 4) is 0 Å². The van der Waals surface area contributed by atoms with Crippen LogP contribution in [-0.2, 0) is 9.84 Å². The zero-order valence-electron chi connectivity index (χ0n) is 13.0. The third-order valence-corrected chi connectivity index (χ3v) is 6.16. The highest BCUT2D eigenvalue weighted by Crippen LogP contribution is 2.30.